The molecule has 200 valence electrons. The lowest BCUT2D eigenvalue weighted by atomic mass is 9.84. The fraction of sp³-hybridized carbons (Fsp3) is 0.414. The minimum Gasteiger partial charge on any atom is -0.334 e. The van der Waals surface area contributed by atoms with Crippen molar-refractivity contribution in [3.05, 3.63) is 65.4 Å². The average Bonchev–Trinajstić information content (AvgIpc) is 3.63. The minimum absolute atomic E-state index is 0.0506. The molecule has 39 heavy (non-hydrogen) atoms. The van der Waals surface area contributed by atoms with Crippen LogP contribution in [-0.4, -0.2) is 41.7 Å². The second kappa shape index (κ2) is 9.72. The number of sulfone groups is 1. The second-order valence-corrected chi connectivity index (χ2v) is 13.0. The number of anilines is 1. The molecule has 1 aliphatic heterocycles. The zero-order valence-electron chi connectivity index (χ0n) is 21.9. The number of fused-ring (bicyclic) bond motifs is 2. The van der Waals surface area contributed by atoms with Crippen LogP contribution in [0.4, 0.5) is 10.5 Å². The van der Waals surface area contributed by atoms with E-state index < -0.39 is 9.84 Å². The second-order valence-electron chi connectivity index (χ2n) is 10.7. The predicted octanol–water partition coefficient (Wildman–Crippen LogP) is 4.62. The van der Waals surface area contributed by atoms with Crippen LogP contribution in [-0.2, 0) is 21.8 Å². The molecular formula is C29H30N6O3S. The van der Waals surface area contributed by atoms with Gasteiger partial charge in [0, 0.05) is 36.2 Å². The van der Waals surface area contributed by atoms with Gasteiger partial charge < -0.3 is 5.32 Å². The van der Waals surface area contributed by atoms with Gasteiger partial charge in [-0.2, -0.15) is 5.26 Å². The van der Waals surface area contributed by atoms with Gasteiger partial charge in [0.25, 0.3) is 0 Å². The van der Waals surface area contributed by atoms with Crippen molar-refractivity contribution in [1.29, 1.82) is 5.26 Å². The number of carbonyl (C=O) groups is 1. The van der Waals surface area contributed by atoms with Gasteiger partial charge in [0.1, 0.15) is 6.07 Å². The zero-order valence-corrected chi connectivity index (χ0v) is 22.7. The molecular weight excluding hydrogens is 512 g/mol. The summed E-state index contributed by atoms with van der Waals surface area (Å²) >= 11 is 0. The van der Waals surface area contributed by atoms with Gasteiger partial charge >= 0.3 is 6.03 Å². The normalized spacial score (nSPS) is 17.7. The molecule has 6 rings (SSSR count). The first-order valence-corrected chi connectivity index (χ1v) is 15.1. The fourth-order valence-corrected chi connectivity index (χ4v) is 6.75. The van der Waals surface area contributed by atoms with Gasteiger partial charge in [0.15, 0.2) is 9.84 Å². The van der Waals surface area contributed by atoms with Crippen LogP contribution in [0.15, 0.2) is 47.5 Å². The largest absolute Gasteiger partial charge is 0.334 e. The maximum atomic E-state index is 13.4. The molecule has 0 bridgehead atoms. The van der Waals surface area contributed by atoms with Crippen LogP contribution in [0.1, 0.15) is 74.1 Å². The van der Waals surface area contributed by atoms with E-state index in [-0.39, 0.29) is 27.9 Å². The third kappa shape index (κ3) is 4.65. The topological polar surface area (TPSA) is 129 Å². The molecule has 1 N–H and O–H groups in total. The number of hydrogen-bond acceptors (Lipinski definition) is 7. The quantitative estimate of drug-likeness (QED) is 0.481. The Morgan fingerprint density at radius 1 is 1.13 bits per heavy atom. The van der Waals surface area contributed by atoms with Gasteiger partial charge in [-0.25, -0.2) is 28.2 Å². The van der Waals surface area contributed by atoms with Gasteiger partial charge in [-0.05, 0) is 55.5 Å². The monoisotopic (exact) mass is 542 g/mol. The van der Waals surface area contributed by atoms with Crippen molar-refractivity contribution in [1.82, 2.24) is 20.3 Å². The van der Waals surface area contributed by atoms with Gasteiger partial charge in [-0.3, -0.25) is 4.90 Å². The highest BCUT2D eigenvalue weighted by Crippen LogP contribution is 2.50. The van der Waals surface area contributed by atoms with E-state index in [0.29, 0.717) is 19.0 Å². The highest BCUT2D eigenvalue weighted by atomic mass is 32.2. The predicted molar refractivity (Wildman–Crippen MR) is 146 cm³/mol. The van der Waals surface area contributed by atoms with Gasteiger partial charge in [0.2, 0.25) is 5.82 Å². The van der Waals surface area contributed by atoms with E-state index in [0.717, 1.165) is 72.4 Å². The van der Waals surface area contributed by atoms with E-state index in [9.17, 15) is 18.5 Å². The van der Waals surface area contributed by atoms with Crippen LogP contribution in [0.3, 0.4) is 0 Å². The SMILES string of the molecule is CCS(=O)(=O)c1ccc(CNC(=O)N2CC3(CCCC3)c3nc(-c4cnc(C#N)nc4C4CC4)ccc32)cc1. The number of pyridine rings is 1. The summed E-state index contributed by atoms with van der Waals surface area (Å²) in [5, 5.41) is 12.3. The number of nitrogens with one attached hydrogen (secondary N) is 1. The number of amides is 2. The van der Waals surface area contributed by atoms with Crippen molar-refractivity contribution in [2.24, 2.45) is 0 Å². The first kappa shape index (κ1) is 25.4. The van der Waals surface area contributed by atoms with Crippen molar-refractivity contribution < 1.29 is 13.2 Å². The van der Waals surface area contributed by atoms with Crippen molar-refractivity contribution in [2.75, 3.05) is 17.2 Å². The molecule has 1 aromatic carbocycles. The highest BCUT2D eigenvalue weighted by molar-refractivity contribution is 7.91. The Labute approximate surface area is 228 Å². The minimum atomic E-state index is -3.26. The molecule has 2 saturated carbocycles. The molecule has 9 nitrogen and oxygen atoms in total. The molecule has 2 aromatic heterocycles. The van der Waals surface area contributed by atoms with Gasteiger partial charge in [0.05, 0.1) is 33.4 Å². The van der Waals surface area contributed by atoms with Crippen molar-refractivity contribution in [3.63, 3.8) is 0 Å². The molecule has 0 unspecified atom stereocenters. The summed E-state index contributed by atoms with van der Waals surface area (Å²) in [5.41, 5.74) is 4.97. The highest BCUT2D eigenvalue weighted by Gasteiger charge is 2.48. The molecule has 0 atom stereocenters. The molecule has 2 amide bonds. The van der Waals surface area contributed by atoms with Crippen molar-refractivity contribution in [2.45, 2.75) is 68.2 Å². The summed E-state index contributed by atoms with van der Waals surface area (Å²) in [7, 11) is -3.26. The summed E-state index contributed by atoms with van der Waals surface area (Å²) in [4.78, 5) is 29.4. The number of carbonyl (C=O) groups excluding carboxylic acids is 1. The molecule has 10 heteroatoms. The number of urea groups is 1. The van der Waals surface area contributed by atoms with Crippen LogP contribution < -0.4 is 10.2 Å². The zero-order chi connectivity index (χ0) is 27.2. The number of nitriles is 1. The lowest BCUT2D eigenvalue weighted by molar-refractivity contribution is 0.245. The number of aromatic nitrogens is 3. The maximum Gasteiger partial charge on any atom is 0.322 e. The first-order chi connectivity index (χ1) is 18.8. The van der Waals surface area contributed by atoms with E-state index in [1.54, 1.807) is 42.3 Å². The molecule has 2 aliphatic carbocycles. The summed E-state index contributed by atoms with van der Waals surface area (Å²) in [6.45, 7) is 2.50. The smallest absolute Gasteiger partial charge is 0.322 e. The molecule has 0 saturated heterocycles. The molecule has 0 radical (unpaired) electrons. The Kier molecular flexibility index (Phi) is 6.34. The van der Waals surface area contributed by atoms with Crippen LogP contribution in [0.2, 0.25) is 0 Å². The molecule has 3 heterocycles. The molecule has 2 fully saturated rings. The molecule has 1 spiro atoms. The molecule has 3 aromatic rings. The Morgan fingerprint density at radius 3 is 2.54 bits per heavy atom. The summed E-state index contributed by atoms with van der Waals surface area (Å²) in [6.07, 6.45) is 7.97. The van der Waals surface area contributed by atoms with Crippen LogP contribution >= 0.6 is 0 Å². The number of rotatable bonds is 6. The maximum absolute atomic E-state index is 13.4. The Morgan fingerprint density at radius 2 is 1.87 bits per heavy atom. The number of benzene rings is 1. The lowest BCUT2D eigenvalue weighted by Crippen LogP contribution is -2.41. The van der Waals surface area contributed by atoms with E-state index in [2.05, 4.69) is 15.3 Å². The van der Waals surface area contributed by atoms with Crippen LogP contribution in [0.25, 0.3) is 11.3 Å². The standard InChI is InChI=1S/C29H30N6O3S/c1-2-39(37,38)21-9-5-19(6-10-21)16-32-28(36)35-18-29(13-3-4-14-29)27-24(35)12-11-23(33-27)22-17-31-25(15-30)34-26(22)20-7-8-20/h5-6,9-12,17,20H,2-4,7-8,13-14,16,18H2,1H3,(H,32,36). The third-order valence-electron chi connectivity index (χ3n) is 8.20. The van der Waals surface area contributed by atoms with E-state index in [1.807, 2.05) is 18.2 Å². The van der Waals surface area contributed by atoms with Gasteiger partial charge in [-0.15, -0.1) is 0 Å². The van der Waals surface area contributed by atoms with Gasteiger partial charge in [-0.1, -0.05) is 31.9 Å². The van der Waals surface area contributed by atoms with Crippen molar-refractivity contribution in [3.8, 4) is 17.3 Å². The van der Waals surface area contributed by atoms with Crippen LogP contribution in [0, 0.1) is 11.3 Å². The summed E-state index contributed by atoms with van der Waals surface area (Å²) in [5.74, 6) is 0.567. The lowest BCUT2D eigenvalue weighted by Gasteiger charge is -2.24. The molecule has 3 aliphatic rings. The average molecular weight is 543 g/mol. The van der Waals surface area contributed by atoms with Crippen molar-refractivity contribution >= 4 is 21.6 Å². The fourth-order valence-electron chi connectivity index (χ4n) is 5.87. The van der Waals surface area contributed by atoms with E-state index in [4.69, 9.17) is 4.98 Å². The van der Waals surface area contributed by atoms with E-state index >= 15 is 0 Å². The van der Waals surface area contributed by atoms with Crippen LogP contribution in [0.5, 0.6) is 0 Å². The first-order valence-electron chi connectivity index (χ1n) is 13.5. The summed E-state index contributed by atoms with van der Waals surface area (Å²) < 4.78 is 24.2. The van der Waals surface area contributed by atoms with E-state index in [1.165, 1.54) is 0 Å². The summed E-state index contributed by atoms with van der Waals surface area (Å²) in [6, 6.07) is 12.4. The Hall–Kier alpha value is -3.84. The number of hydrogen-bond donors (Lipinski definition) is 1. The Balaban J connectivity index is 1.26. The number of nitrogens with zero attached hydrogens (tertiary/aromatic N) is 5. The Bertz CT molecular complexity index is 1590. The third-order valence-corrected chi connectivity index (χ3v) is 9.95.